The molecule has 0 aliphatic carbocycles. The lowest BCUT2D eigenvalue weighted by Gasteiger charge is -2.31. The average molecular weight is 197 g/mol. The van der Waals surface area contributed by atoms with Crippen molar-refractivity contribution in [2.75, 3.05) is 0 Å². The Morgan fingerprint density at radius 1 is 1.21 bits per heavy atom. The van der Waals surface area contributed by atoms with Gasteiger partial charge in [-0.15, -0.1) is 0 Å². The first kappa shape index (κ1) is 12.4. The molecule has 0 saturated heterocycles. The lowest BCUT2D eigenvalue weighted by Crippen LogP contribution is -2.45. The van der Waals surface area contributed by atoms with Crippen LogP contribution < -0.4 is 0 Å². The second-order valence-electron chi connectivity index (χ2n) is 3.62. The van der Waals surface area contributed by atoms with Crippen LogP contribution in [0.15, 0.2) is 25.3 Å². The first-order valence-corrected chi connectivity index (χ1v) is 4.14. The maximum Gasteiger partial charge on any atom is 0.355 e. The van der Waals surface area contributed by atoms with Gasteiger partial charge < -0.3 is 4.84 Å². The van der Waals surface area contributed by atoms with Crippen LogP contribution in [-0.4, -0.2) is 22.5 Å². The predicted octanol–water partition coefficient (Wildman–Crippen LogP) is 1.44. The van der Waals surface area contributed by atoms with Gasteiger partial charge in [0.25, 0.3) is 5.91 Å². The van der Waals surface area contributed by atoms with Gasteiger partial charge in [0.15, 0.2) is 0 Å². The van der Waals surface area contributed by atoms with E-state index in [4.69, 9.17) is 4.84 Å². The Bertz CT molecular complexity index is 263. The molecular weight excluding hydrogens is 182 g/mol. The molecule has 0 N–H and O–H groups in total. The zero-order chi connectivity index (χ0) is 11.4. The molecule has 0 rings (SSSR count). The molecule has 0 spiro atoms. The fraction of sp³-hybridized carbons (Fsp3) is 0.400. The number of hydrogen-bond acceptors (Lipinski definition) is 3. The minimum atomic E-state index is -0.671. The quantitative estimate of drug-likeness (QED) is 0.497. The van der Waals surface area contributed by atoms with E-state index < -0.39 is 17.4 Å². The highest BCUT2D eigenvalue weighted by atomic mass is 16.7. The van der Waals surface area contributed by atoms with E-state index in [0.29, 0.717) is 0 Å². The van der Waals surface area contributed by atoms with Crippen LogP contribution >= 0.6 is 0 Å². The average Bonchev–Trinajstić information content (AvgIpc) is 2.10. The summed E-state index contributed by atoms with van der Waals surface area (Å²) < 4.78 is 0. The number of amides is 1. The van der Waals surface area contributed by atoms with Crippen LogP contribution in [0.3, 0.4) is 0 Å². The van der Waals surface area contributed by atoms with Gasteiger partial charge in [0, 0.05) is 6.08 Å². The van der Waals surface area contributed by atoms with Gasteiger partial charge in [0.05, 0.1) is 5.54 Å². The molecule has 0 fully saturated rings. The van der Waals surface area contributed by atoms with Crippen LogP contribution in [0.1, 0.15) is 20.8 Å². The van der Waals surface area contributed by atoms with Gasteiger partial charge in [-0.1, -0.05) is 13.2 Å². The van der Waals surface area contributed by atoms with Crippen molar-refractivity contribution in [1.29, 1.82) is 0 Å². The molecule has 4 heteroatoms. The van der Waals surface area contributed by atoms with Crippen molar-refractivity contribution in [3.8, 4) is 0 Å². The lowest BCUT2D eigenvalue weighted by molar-refractivity contribution is -0.209. The van der Waals surface area contributed by atoms with E-state index in [9.17, 15) is 9.59 Å². The van der Waals surface area contributed by atoms with Crippen molar-refractivity contribution in [2.24, 2.45) is 0 Å². The monoisotopic (exact) mass is 197 g/mol. The Balaban J connectivity index is 4.74. The van der Waals surface area contributed by atoms with Crippen LogP contribution in [0, 0.1) is 0 Å². The summed E-state index contributed by atoms with van der Waals surface area (Å²) in [6.07, 6.45) is 2.08. The Hall–Kier alpha value is -1.58. The first-order valence-electron chi connectivity index (χ1n) is 4.14. The van der Waals surface area contributed by atoms with E-state index in [-0.39, 0.29) is 0 Å². The van der Waals surface area contributed by atoms with E-state index in [0.717, 1.165) is 17.2 Å². The van der Waals surface area contributed by atoms with Crippen molar-refractivity contribution >= 4 is 11.9 Å². The highest BCUT2D eigenvalue weighted by Gasteiger charge is 2.28. The highest BCUT2D eigenvalue weighted by molar-refractivity contribution is 5.89. The third-order valence-corrected chi connectivity index (χ3v) is 1.33. The van der Waals surface area contributed by atoms with Crippen molar-refractivity contribution in [2.45, 2.75) is 26.3 Å². The number of hydrogen-bond donors (Lipinski definition) is 0. The number of rotatable bonds is 2. The van der Waals surface area contributed by atoms with Gasteiger partial charge in [0.1, 0.15) is 0 Å². The zero-order valence-electron chi connectivity index (χ0n) is 8.74. The molecule has 0 aromatic rings. The first-order chi connectivity index (χ1) is 6.32. The maximum absolute atomic E-state index is 11.3. The van der Waals surface area contributed by atoms with Crippen molar-refractivity contribution in [3.05, 3.63) is 25.3 Å². The smallest absolute Gasteiger partial charge is 0.333 e. The Kier molecular flexibility index (Phi) is 4.08. The molecule has 0 saturated carbocycles. The summed E-state index contributed by atoms with van der Waals surface area (Å²) in [6.45, 7) is 11.8. The number of carbonyl (C=O) groups excluding carboxylic acids is 2. The second-order valence-corrected chi connectivity index (χ2v) is 3.62. The van der Waals surface area contributed by atoms with Gasteiger partial charge in [-0.25, -0.2) is 4.79 Å². The minimum Gasteiger partial charge on any atom is -0.333 e. The van der Waals surface area contributed by atoms with E-state index in [1.165, 1.54) is 0 Å². The normalized spacial score (nSPS) is 10.2. The molecule has 0 aliphatic rings. The molecule has 0 atom stereocenters. The van der Waals surface area contributed by atoms with Crippen LogP contribution in [0.4, 0.5) is 0 Å². The van der Waals surface area contributed by atoms with E-state index in [2.05, 4.69) is 13.2 Å². The molecule has 0 heterocycles. The van der Waals surface area contributed by atoms with E-state index in [1.807, 2.05) is 0 Å². The van der Waals surface area contributed by atoms with Gasteiger partial charge in [0.2, 0.25) is 0 Å². The molecule has 0 radical (unpaired) electrons. The maximum atomic E-state index is 11.3. The van der Waals surface area contributed by atoms with Crippen molar-refractivity contribution < 1.29 is 14.4 Å². The van der Waals surface area contributed by atoms with Crippen molar-refractivity contribution in [3.63, 3.8) is 0 Å². The van der Waals surface area contributed by atoms with Gasteiger partial charge in [-0.3, -0.25) is 4.79 Å². The summed E-state index contributed by atoms with van der Waals surface area (Å²) in [6, 6.07) is 0. The molecule has 0 aromatic carbocycles. The van der Waals surface area contributed by atoms with Crippen LogP contribution in [0.2, 0.25) is 0 Å². The van der Waals surface area contributed by atoms with E-state index >= 15 is 0 Å². The molecule has 0 bridgehead atoms. The molecular formula is C10H15NO3. The van der Waals surface area contributed by atoms with Crippen LogP contribution in [0.25, 0.3) is 0 Å². The summed E-state index contributed by atoms with van der Waals surface area (Å²) in [4.78, 5) is 27.0. The van der Waals surface area contributed by atoms with Crippen LogP contribution in [-0.2, 0) is 14.4 Å². The van der Waals surface area contributed by atoms with Gasteiger partial charge in [-0.2, -0.15) is 5.06 Å². The molecule has 0 unspecified atom stereocenters. The van der Waals surface area contributed by atoms with Crippen LogP contribution in [0.5, 0.6) is 0 Å². The summed E-state index contributed by atoms with van der Waals surface area (Å²) in [5.74, 6) is -1.14. The molecule has 4 nitrogen and oxygen atoms in total. The number of carbonyl (C=O) groups is 2. The predicted molar refractivity (Wildman–Crippen MR) is 53.1 cm³/mol. The summed E-state index contributed by atoms with van der Waals surface area (Å²) >= 11 is 0. The van der Waals surface area contributed by atoms with Gasteiger partial charge >= 0.3 is 5.97 Å². The fourth-order valence-corrected chi connectivity index (χ4v) is 0.723. The summed E-state index contributed by atoms with van der Waals surface area (Å²) in [5.41, 5.74) is -0.607. The Morgan fingerprint density at radius 2 is 1.71 bits per heavy atom. The largest absolute Gasteiger partial charge is 0.355 e. The minimum absolute atomic E-state index is 0.465. The second kappa shape index (κ2) is 4.60. The van der Waals surface area contributed by atoms with Gasteiger partial charge in [-0.05, 0) is 26.8 Å². The molecule has 78 valence electrons. The molecule has 0 aromatic heterocycles. The molecule has 1 amide bonds. The Morgan fingerprint density at radius 3 is 2.00 bits per heavy atom. The third-order valence-electron chi connectivity index (χ3n) is 1.33. The fourth-order valence-electron chi connectivity index (χ4n) is 0.723. The highest BCUT2D eigenvalue weighted by Crippen LogP contribution is 2.14. The van der Waals surface area contributed by atoms with E-state index in [1.54, 1.807) is 20.8 Å². The number of nitrogens with zero attached hydrogens (tertiary/aromatic N) is 1. The standard InChI is InChI=1S/C10H15NO3/c1-6-8(12)11(10(3,4)5)14-9(13)7-2/h6-7H,1-2H2,3-5H3. The molecule has 14 heavy (non-hydrogen) atoms. The SMILES string of the molecule is C=CC(=O)ON(C(=O)C=C)C(C)(C)C. The molecule has 0 aliphatic heterocycles. The summed E-state index contributed by atoms with van der Waals surface area (Å²) in [5, 5.41) is 0.962. The Labute approximate surface area is 83.8 Å². The number of hydroxylamine groups is 2. The topological polar surface area (TPSA) is 46.6 Å². The lowest BCUT2D eigenvalue weighted by atomic mass is 10.1. The summed E-state index contributed by atoms with van der Waals surface area (Å²) in [7, 11) is 0. The van der Waals surface area contributed by atoms with Crippen molar-refractivity contribution in [1.82, 2.24) is 5.06 Å². The third kappa shape index (κ3) is 3.43. The zero-order valence-corrected chi connectivity index (χ0v) is 8.74.